The molecule has 0 aliphatic rings. The normalized spacial score (nSPS) is 10.2. The van der Waals surface area contributed by atoms with Gasteiger partial charge in [-0.05, 0) is 42.8 Å². The van der Waals surface area contributed by atoms with Crippen molar-refractivity contribution >= 4 is 17.4 Å². The van der Waals surface area contributed by atoms with Crippen molar-refractivity contribution < 1.29 is 9.18 Å². The molecule has 0 aliphatic carbocycles. The number of hydrogen-bond acceptors (Lipinski definition) is 3. The highest BCUT2D eigenvalue weighted by Crippen LogP contribution is 2.21. The van der Waals surface area contributed by atoms with Gasteiger partial charge < -0.3 is 10.2 Å². The van der Waals surface area contributed by atoms with E-state index in [1.165, 1.54) is 18.2 Å². The monoisotopic (exact) mass is 273 g/mol. The average Bonchev–Trinajstić information content (AvgIpc) is 2.42. The van der Waals surface area contributed by atoms with Crippen LogP contribution in [-0.4, -0.2) is 25.0 Å². The number of anilines is 2. The lowest BCUT2D eigenvalue weighted by Crippen LogP contribution is -2.17. The van der Waals surface area contributed by atoms with Crippen LogP contribution < -0.4 is 10.2 Å². The molecule has 5 heteroatoms. The van der Waals surface area contributed by atoms with Crippen molar-refractivity contribution in [2.24, 2.45) is 0 Å². The second-order valence-corrected chi connectivity index (χ2v) is 4.69. The molecule has 1 N–H and O–H groups in total. The van der Waals surface area contributed by atoms with Crippen molar-refractivity contribution in [3.63, 3.8) is 0 Å². The molecule has 20 heavy (non-hydrogen) atoms. The molecule has 2 aromatic rings. The van der Waals surface area contributed by atoms with Gasteiger partial charge in [0.15, 0.2) is 5.82 Å². The first kappa shape index (κ1) is 14.0. The Balaban J connectivity index is 2.26. The van der Waals surface area contributed by atoms with Crippen molar-refractivity contribution in [1.82, 2.24) is 4.98 Å². The van der Waals surface area contributed by atoms with Gasteiger partial charge in [-0.2, -0.15) is 0 Å². The Labute approximate surface area is 117 Å². The Hall–Kier alpha value is -2.43. The zero-order valence-corrected chi connectivity index (χ0v) is 11.6. The summed E-state index contributed by atoms with van der Waals surface area (Å²) >= 11 is 0. The van der Waals surface area contributed by atoms with Gasteiger partial charge in [0, 0.05) is 25.9 Å². The first-order valence-electron chi connectivity index (χ1n) is 6.19. The molecule has 1 amide bonds. The Morgan fingerprint density at radius 3 is 2.70 bits per heavy atom. The van der Waals surface area contributed by atoms with E-state index in [0.29, 0.717) is 22.6 Å². The van der Waals surface area contributed by atoms with Crippen LogP contribution in [-0.2, 0) is 0 Å². The van der Waals surface area contributed by atoms with E-state index in [1.54, 1.807) is 25.3 Å². The van der Waals surface area contributed by atoms with E-state index < -0.39 is 0 Å². The zero-order valence-electron chi connectivity index (χ0n) is 11.6. The minimum absolute atomic E-state index is 0.288. The second kappa shape index (κ2) is 5.69. The highest BCUT2D eigenvalue weighted by molar-refractivity contribution is 6.05. The van der Waals surface area contributed by atoms with Crippen molar-refractivity contribution in [3.8, 4) is 0 Å². The number of benzene rings is 1. The van der Waals surface area contributed by atoms with Gasteiger partial charge in [-0.15, -0.1) is 0 Å². The number of amides is 1. The molecule has 0 aliphatic heterocycles. The number of pyridine rings is 1. The molecular weight excluding hydrogens is 257 g/mol. The summed E-state index contributed by atoms with van der Waals surface area (Å²) in [5, 5.41) is 2.79. The summed E-state index contributed by atoms with van der Waals surface area (Å²) in [4.78, 5) is 18.2. The predicted octanol–water partition coefficient (Wildman–Crippen LogP) is 2.85. The van der Waals surface area contributed by atoms with Gasteiger partial charge in [0.1, 0.15) is 5.82 Å². The lowest BCUT2D eigenvalue weighted by Gasteiger charge is -2.16. The number of nitrogens with zero attached hydrogens (tertiary/aromatic N) is 2. The van der Waals surface area contributed by atoms with Gasteiger partial charge >= 0.3 is 0 Å². The van der Waals surface area contributed by atoms with Gasteiger partial charge in [0.05, 0.1) is 5.69 Å². The number of aromatic nitrogens is 1. The summed E-state index contributed by atoms with van der Waals surface area (Å²) in [5.74, 6) is 0.0563. The van der Waals surface area contributed by atoms with Crippen LogP contribution in [0.2, 0.25) is 0 Å². The lowest BCUT2D eigenvalue weighted by atomic mass is 10.1. The molecule has 0 spiro atoms. The van der Waals surface area contributed by atoms with Crippen LogP contribution >= 0.6 is 0 Å². The molecule has 1 aromatic heterocycles. The molecule has 0 bridgehead atoms. The second-order valence-electron chi connectivity index (χ2n) is 4.69. The summed E-state index contributed by atoms with van der Waals surface area (Å²) in [7, 11) is 3.69. The summed E-state index contributed by atoms with van der Waals surface area (Å²) in [6.45, 7) is 1.63. The van der Waals surface area contributed by atoms with Crippen LogP contribution in [0.5, 0.6) is 0 Å². The van der Waals surface area contributed by atoms with Gasteiger partial charge in [0.2, 0.25) is 0 Å². The predicted molar refractivity (Wildman–Crippen MR) is 77.7 cm³/mol. The van der Waals surface area contributed by atoms with E-state index in [-0.39, 0.29) is 11.7 Å². The topological polar surface area (TPSA) is 45.2 Å². The molecule has 1 heterocycles. The molecule has 0 saturated carbocycles. The van der Waals surface area contributed by atoms with Crippen LogP contribution in [0, 0.1) is 12.7 Å². The zero-order chi connectivity index (χ0) is 14.7. The van der Waals surface area contributed by atoms with Crippen LogP contribution in [0.4, 0.5) is 15.9 Å². The lowest BCUT2D eigenvalue weighted by molar-refractivity contribution is 0.102. The largest absolute Gasteiger partial charge is 0.361 e. The Morgan fingerprint density at radius 2 is 2.05 bits per heavy atom. The van der Waals surface area contributed by atoms with E-state index in [2.05, 4.69) is 10.3 Å². The SMILES string of the molecule is Cc1cc(C(=O)Nc2cccnc2N(C)C)ccc1F. The number of carbonyl (C=O) groups excluding carboxylic acids is 1. The molecule has 0 atom stereocenters. The van der Waals surface area contributed by atoms with E-state index in [9.17, 15) is 9.18 Å². The third-order valence-electron chi connectivity index (χ3n) is 2.88. The number of halogens is 1. The number of nitrogens with one attached hydrogen (secondary N) is 1. The Morgan fingerprint density at radius 1 is 1.30 bits per heavy atom. The quantitative estimate of drug-likeness (QED) is 0.935. The maximum atomic E-state index is 13.2. The van der Waals surface area contributed by atoms with Crippen molar-refractivity contribution in [1.29, 1.82) is 0 Å². The first-order valence-corrected chi connectivity index (χ1v) is 6.19. The van der Waals surface area contributed by atoms with Crippen LogP contribution in [0.3, 0.4) is 0 Å². The molecule has 0 radical (unpaired) electrons. The van der Waals surface area contributed by atoms with Crippen LogP contribution in [0.15, 0.2) is 36.5 Å². The minimum Gasteiger partial charge on any atom is -0.361 e. The fraction of sp³-hybridized carbons (Fsp3) is 0.200. The highest BCUT2D eigenvalue weighted by atomic mass is 19.1. The summed E-state index contributed by atoms with van der Waals surface area (Å²) < 4.78 is 13.2. The summed E-state index contributed by atoms with van der Waals surface area (Å²) in [5.41, 5.74) is 1.47. The van der Waals surface area contributed by atoms with E-state index >= 15 is 0 Å². The fourth-order valence-electron chi connectivity index (χ4n) is 1.83. The molecule has 104 valence electrons. The fourth-order valence-corrected chi connectivity index (χ4v) is 1.83. The number of carbonyl (C=O) groups is 1. The standard InChI is InChI=1S/C15H16FN3O/c1-10-9-11(6-7-12(10)16)15(20)18-13-5-4-8-17-14(13)19(2)3/h4-9H,1-3H3,(H,18,20). The summed E-state index contributed by atoms with van der Waals surface area (Å²) in [6, 6.07) is 7.80. The maximum Gasteiger partial charge on any atom is 0.255 e. The van der Waals surface area contributed by atoms with Gasteiger partial charge in [0.25, 0.3) is 5.91 Å². The molecular formula is C15H16FN3O. The highest BCUT2D eigenvalue weighted by Gasteiger charge is 2.12. The molecule has 0 fully saturated rings. The van der Waals surface area contributed by atoms with E-state index in [4.69, 9.17) is 0 Å². The Bertz CT molecular complexity index is 641. The van der Waals surface area contributed by atoms with Gasteiger partial charge in [-0.25, -0.2) is 9.37 Å². The smallest absolute Gasteiger partial charge is 0.255 e. The maximum absolute atomic E-state index is 13.2. The molecule has 1 aromatic carbocycles. The average molecular weight is 273 g/mol. The third-order valence-corrected chi connectivity index (χ3v) is 2.88. The Kier molecular flexibility index (Phi) is 3.98. The number of rotatable bonds is 3. The van der Waals surface area contributed by atoms with Crippen LogP contribution in [0.1, 0.15) is 15.9 Å². The third kappa shape index (κ3) is 2.93. The molecule has 0 unspecified atom stereocenters. The summed E-state index contributed by atoms with van der Waals surface area (Å²) in [6.07, 6.45) is 1.66. The van der Waals surface area contributed by atoms with Gasteiger partial charge in [-0.3, -0.25) is 4.79 Å². The minimum atomic E-state index is -0.322. The number of aryl methyl sites for hydroxylation is 1. The van der Waals surface area contributed by atoms with E-state index in [0.717, 1.165) is 0 Å². The van der Waals surface area contributed by atoms with Gasteiger partial charge in [-0.1, -0.05) is 0 Å². The molecule has 4 nitrogen and oxygen atoms in total. The van der Waals surface area contributed by atoms with Crippen LogP contribution in [0.25, 0.3) is 0 Å². The van der Waals surface area contributed by atoms with Crippen molar-refractivity contribution in [2.45, 2.75) is 6.92 Å². The van der Waals surface area contributed by atoms with E-state index in [1.807, 2.05) is 19.0 Å². The van der Waals surface area contributed by atoms with Crippen molar-refractivity contribution in [3.05, 3.63) is 53.5 Å². The molecule has 0 saturated heterocycles. The number of hydrogen-bond donors (Lipinski definition) is 1. The van der Waals surface area contributed by atoms with Crippen molar-refractivity contribution in [2.75, 3.05) is 24.3 Å². The molecule has 2 rings (SSSR count). The first-order chi connectivity index (χ1) is 9.49.